The number of carbonyl (C=O) groups is 1. The third kappa shape index (κ3) is 4.98. The van der Waals surface area contributed by atoms with Crippen LogP contribution in [0.15, 0.2) is 36.4 Å². The van der Waals surface area contributed by atoms with Gasteiger partial charge in [0, 0.05) is 19.2 Å². The number of anilines is 1. The zero-order valence-electron chi connectivity index (χ0n) is 16.9. The van der Waals surface area contributed by atoms with Crippen LogP contribution in [0.2, 0.25) is 5.15 Å². The fraction of sp³-hybridized carbons (Fsp3) is 0.381. The van der Waals surface area contributed by atoms with Crippen molar-refractivity contribution in [2.45, 2.75) is 46.1 Å². The van der Waals surface area contributed by atoms with Crippen molar-refractivity contribution in [1.29, 1.82) is 0 Å². The minimum absolute atomic E-state index is 0.190. The van der Waals surface area contributed by atoms with Crippen LogP contribution in [0.5, 0.6) is 0 Å². The molecule has 3 N–H and O–H groups in total. The molecular weight excluding hydrogens is 388 g/mol. The molecule has 3 rings (SSSR count). The molecule has 0 radical (unpaired) electrons. The van der Waals surface area contributed by atoms with E-state index in [0.29, 0.717) is 35.2 Å². The number of benzene rings is 1. The number of rotatable bonds is 9. The van der Waals surface area contributed by atoms with Gasteiger partial charge in [-0.05, 0) is 38.3 Å². The lowest BCUT2D eigenvalue weighted by atomic mass is 10.2. The highest BCUT2D eigenvalue weighted by Gasteiger charge is 2.19. The van der Waals surface area contributed by atoms with E-state index in [1.807, 2.05) is 43.3 Å². The Morgan fingerprint density at radius 2 is 1.97 bits per heavy atom. The molecule has 0 spiro atoms. The first-order chi connectivity index (χ1) is 14.0. The summed E-state index contributed by atoms with van der Waals surface area (Å²) in [5.41, 5.74) is 9.01. The monoisotopic (exact) mass is 414 g/mol. The Kier molecular flexibility index (Phi) is 6.93. The molecule has 1 amide bonds. The van der Waals surface area contributed by atoms with Crippen molar-refractivity contribution in [3.05, 3.63) is 58.5 Å². The van der Waals surface area contributed by atoms with Crippen LogP contribution in [0.25, 0.3) is 5.69 Å². The normalized spacial score (nSPS) is 11.0. The Bertz CT molecular complexity index is 963. The zero-order chi connectivity index (χ0) is 20.8. The Morgan fingerprint density at radius 3 is 2.69 bits per heavy atom. The first kappa shape index (κ1) is 20.9. The van der Waals surface area contributed by atoms with E-state index in [2.05, 4.69) is 22.4 Å². The lowest BCUT2D eigenvalue weighted by Gasteiger charge is -2.05. The first-order valence-electron chi connectivity index (χ1n) is 9.92. The van der Waals surface area contributed by atoms with Gasteiger partial charge in [0.05, 0.1) is 22.6 Å². The summed E-state index contributed by atoms with van der Waals surface area (Å²) < 4.78 is 3.43. The third-order valence-electron chi connectivity index (χ3n) is 4.70. The molecule has 1 aromatic carbocycles. The fourth-order valence-corrected chi connectivity index (χ4v) is 3.52. The van der Waals surface area contributed by atoms with Crippen LogP contribution >= 0.6 is 11.6 Å². The summed E-state index contributed by atoms with van der Waals surface area (Å²) >= 11 is 6.36. The van der Waals surface area contributed by atoms with Gasteiger partial charge in [0.2, 0.25) is 0 Å². The van der Waals surface area contributed by atoms with E-state index in [1.54, 1.807) is 9.36 Å². The number of aromatic nitrogens is 4. The molecule has 2 aromatic heterocycles. The van der Waals surface area contributed by atoms with Crippen molar-refractivity contribution in [3.63, 3.8) is 0 Å². The number of para-hydroxylation sites is 1. The quantitative estimate of drug-likeness (QED) is 0.521. The van der Waals surface area contributed by atoms with Crippen LogP contribution in [0, 0.1) is 6.92 Å². The number of nitrogens with one attached hydrogen (secondary N) is 1. The average molecular weight is 415 g/mol. The van der Waals surface area contributed by atoms with Crippen molar-refractivity contribution in [2.75, 3.05) is 12.3 Å². The summed E-state index contributed by atoms with van der Waals surface area (Å²) in [7, 11) is 0. The fourth-order valence-electron chi connectivity index (χ4n) is 3.17. The zero-order valence-corrected chi connectivity index (χ0v) is 17.6. The highest BCUT2D eigenvalue weighted by molar-refractivity contribution is 6.33. The Hall–Kier alpha value is -2.80. The van der Waals surface area contributed by atoms with Crippen molar-refractivity contribution in [1.82, 2.24) is 24.9 Å². The van der Waals surface area contributed by atoms with E-state index in [-0.39, 0.29) is 5.91 Å². The van der Waals surface area contributed by atoms with Gasteiger partial charge in [-0.15, -0.1) is 0 Å². The van der Waals surface area contributed by atoms with Crippen molar-refractivity contribution >= 4 is 23.3 Å². The predicted molar refractivity (Wildman–Crippen MR) is 116 cm³/mol. The van der Waals surface area contributed by atoms with Gasteiger partial charge in [-0.3, -0.25) is 9.48 Å². The number of amides is 1. The molecule has 3 aromatic rings. The van der Waals surface area contributed by atoms with Gasteiger partial charge in [-0.2, -0.15) is 10.2 Å². The molecule has 2 heterocycles. The molecule has 154 valence electrons. The molecule has 0 saturated carbocycles. The molecule has 0 aliphatic rings. The van der Waals surface area contributed by atoms with Crippen molar-refractivity contribution in [3.8, 4) is 5.69 Å². The molecule has 29 heavy (non-hydrogen) atoms. The van der Waals surface area contributed by atoms with E-state index in [1.165, 1.54) is 0 Å². The number of nitrogen functional groups attached to an aromatic ring is 1. The number of nitrogens with two attached hydrogens (primary N) is 1. The number of halogens is 1. The van der Waals surface area contributed by atoms with E-state index < -0.39 is 0 Å². The highest BCUT2D eigenvalue weighted by Crippen LogP contribution is 2.20. The van der Waals surface area contributed by atoms with Gasteiger partial charge in [0.25, 0.3) is 5.91 Å². The Balaban J connectivity index is 1.54. The molecule has 0 fully saturated rings. The van der Waals surface area contributed by atoms with Gasteiger partial charge >= 0.3 is 0 Å². The van der Waals surface area contributed by atoms with E-state index >= 15 is 0 Å². The number of aryl methyl sites for hydroxylation is 3. The molecule has 0 atom stereocenters. The van der Waals surface area contributed by atoms with E-state index in [4.69, 9.17) is 17.3 Å². The minimum Gasteiger partial charge on any atom is -0.384 e. The highest BCUT2D eigenvalue weighted by atomic mass is 35.5. The number of nitrogens with zero attached hydrogens (tertiary/aromatic N) is 4. The molecule has 0 bridgehead atoms. The van der Waals surface area contributed by atoms with Crippen LogP contribution < -0.4 is 11.1 Å². The Labute approximate surface area is 175 Å². The van der Waals surface area contributed by atoms with Crippen molar-refractivity contribution < 1.29 is 4.79 Å². The molecule has 0 aliphatic carbocycles. The van der Waals surface area contributed by atoms with Crippen LogP contribution in [0.1, 0.15) is 47.9 Å². The first-order valence-corrected chi connectivity index (χ1v) is 10.3. The second-order valence-corrected chi connectivity index (χ2v) is 7.35. The summed E-state index contributed by atoms with van der Waals surface area (Å²) in [5, 5.41) is 12.3. The third-order valence-corrected chi connectivity index (χ3v) is 5.08. The van der Waals surface area contributed by atoms with Crippen LogP contribution in [-0.2, 0) is 13.0 Å². The average Bonchev–Trinajstić information content (AvgIpc) is 3.22. The smallest absolute Gasteiger partial charge is 0.256 e. The van der Waals surface area contributed by atoms with Gasteiger partial charge < -0.3 is 11.1 Å². The van der Waals surface area contributed by atoms with Crippen LogP contribution in [0.4, 0.5) is 5.82 Å². The van der Waals surface area contributed by atoms with Crippen LogP contribution in [-0.4, -0.2) is 32.0 Å². The summed E-state index contributed by atoms with van der Waals surface area (Å²) in [4.78, 5) is 12.5. The van der Waals surface area contributed by atoms with Crippen LogP contribution in [0.3, 0.4) is 0 Å². The second kappa shape index (κ2) is 9.60. The topological polar surface area (TPSA) is 90.8 Å². The largest absolute Gasteiger partial charge is 0.384 e. The van der Waals surface area contributed by atoms with E-state index in [9.17, 15) is 4.79 Å². The SMILES string of the molecule is CCCCn1nc(C)c(C(=O)NCCCc2cc(N)n(-c3ccccc3)n2)c1Cl. The van der Waals surface area contributed by atoms with Gasteiger partial charge in [0.1, 0.15) is 11.0 Å². The lowest BCUT2D eigenvalue weighted by molar-refractivity contribution is 0.0952. The second-order valence-electron chi connectivity index (χ2n) is 7.00. The molecule has 7 nitrogen and oxygen atoms in total. The standard InChI is InChI=1S/C21H27ClN6O/c1-3-4-13-27-20(22)19(15(2)25-27)21(29)24-12-8-9-16-14-18(23)28(26-16)17-10-6-5-7-11-17/h5-7,10-11,14H,3-4,8-9,12-13,23H2,1-2H3,(H,24,29). The number of hydrogen-bond donors (Lipinski definition) is 2. The molecule has 0 unspecified atom stereocenters. The summed E-state index contributed by atoms with van der Waals surface area (Å²) in [5.74, 6) is 0.404. The summed E-state index contributed by atoms with van der Waals surface area (Å²) in [6, 6.07) is 11.6. The van der Waals surface area contributed by atoms with Gasteiger partial charge in [0.15, 0.2) is 0 Å². The number of hydrogen-bond acceptors (Lipinski definition) is 4. The maximum Gasteiger partial charge on any atom is 0.256 e. The molecule has 8 heteroatoms. The molecular formula is C21H27ClN6O. The van der Waals surface area contributed by atoms with Crippen molar-refractivity contribution in [2.24, 2.45) is 0 Å². The maximum atomic E-state index is 12.5. The minimum atomic E-state index is -0.190. The lowest BCUT2D eigenvalue weighted by Crippen LogP contribution is -2.25. The maximum absolute atomic E-state index is 12.5. The number of carbonyl (C=O) groups excluding carboxylic acids is 1. The molecule has 0 saturated heterocycles. The summed E-state index contributed by atoms with van der Waals surface area (Å²) in [6.07, 6.45) is 3.48. The van der Waals surface area contributed by atoms with Gasteiger partial charge in [-0.25, -0.2) is 4.68 Å². The van der Waals surface area contributed by atoms with E-state index in [0.717, 1.165) is 37.2 Å². The Morgan fingerprint density at radius 1 is 1.21 bits per heavy atom. The number of unbranched alkanes of at least 4 members (excludes halogenated alkanes) is 1. The van der Waals surface area contributed by atoms with Gasteiger partial charge in [-0.1, -0.05) is 43.1 Å². The predicted octanol–water partition coefficient (Wildman–Crippen LogP) is 3.78. The summed E-state index contributed by atoms with van der Waals surface area (Å²) in [6.45, 7) is 5.15. The molecule has 0 aliphatic heterocycles.